The molecule has 1 saturated heterocycles. The first kappa shape index (κ1) is 25.8. The van der Waals surface area contributed by atoms with E-state index in [0.717, 1.165) is 0 Å². The van der Waals surface area contributed by atoms with Gasteiger partial charge in [-0.05, 0) is 32.1 Å². The van der Waals surface area contributed by atoms with Crippen LogP contribution in [0.25, 0.3) is 0 Å². The van der Waals surface area contributed by atoms with Crippen molar-refractivity contribution in [2.45, 2.75) is 102 Å². The molecule has 2 saturated carbocycles. The number of fused-ring (bicyclic) bond motifs is 3. The van der Waals surface area contributed by atoms with Crippen molar-refractivity contribution in [1.82, 2.24) is 5.32 Å². The Kier molecular flexibility index (Phi) is 6.15. The van der Waals surface area contributed by atoms with Crippen LogP contribution in [0.15, 0.2) is 12.7 Å². The van der Waals surface area contributed by atoms with Gasteiger partial charge in [-0.15, -0.1) is 6.58 Å². The summed E-state index contributed by atoms with van der Waals surface area (Å²) in [5, 5.41) is 37.2. The van der Waals surface area contributed by atoms with E-state index in [4.69, 9.17) is 9.47 Å². The van der Waals surface area contributed by atoms with Crippen LogP contribution in [0, 0.1) is 16.7 Å². The Hall–Kier alpha value is -1.81. The fourth-order valence-electron chi connectivity index (χ4n) is 6.83. The van der Waals surface area contributed by atoms with Gasteiger partial charge in [0.1, 0.15) is 5.60 Å². The van der Waals surface area contributed by atoms with Crippen LogP contribution >= 0.6 is 0 Å². The maximum absolute atomic E-state index is 13.7. The van der Waals surface area contributed by atoms with Gasteiger partial charge < -0.3 is 24.8 Å². The summed E-state index contributed by atoms with van der Waals surface area (Å²) < 4.78 is 11.8. The van der Waals surface area contributed by atoms with E-state index in [-0.39, 0.29) is 12.8 Å². The minimum absolute atomic E-state index is 0.0347. The highest BCUT2D eigenvalue weighted by molar-refractivity contribution is 5.93. The molecule has 9 heteroatoms. The lowest BCUT2D eigenvalue weighted by Gasteiger charge is -2.71. The molecule has 1 aliphatic heterocycles. The lowest BCUT2D eigenvalue weighted by molar-refractivity contribution is -0.368. The van der Waals surface area contributed by atoms with Gasteiger partial charge in [0.05, 0.1) is 17.8 Å². The van der Waals surface area contributed by atoms with Crippen LogP contribution in [0.2, 0.25) is 0 Å². The minimum Gasteiger partial charge on any atom is -0.440 e. The lowest BCUT2D eigenvalue weighted by Crippen LogP contribution is -2.86. The number of ether oxygens (including phenoxy) is 2. The van der Waals surface area contributed by atoms with E-state index in [2.05, 4.69) is 11.9 Å². The van der Waals surface area contributed by atoms with Gasteiger partial charge in [-0.25, -0.2) is 4.79 Å². The molecule has 0 unspecified atom stereocenters. The summed E-state index contributed by atoms with van der Waals surface area (Å²) in [5.74, 6) is -2.00. The van der Waals surface area contributed by atoms with Crippen LogP contribution in [-0.2, 0) is 19.1 Å². The fourth-order valence-corrected chi connectivity index (χ4v) is 6.83. The Morgan fingerprint density at radius 1 is 1.24 bits per heavy atom. The third kappa shape index (κ3) is 3.38. The molecule has 0 aromatic carbocycles. The molecule has 1 heterocycles. The van der Waals surface area contributed by atoms with Crippen LogP contribution in [0.4, 0.5) is 4.79 Å². The number of amides is 2. The summed E-state index contributed by atoms with van der Waals surface area (Å²) in [7, 11) is 0. The minimum atomic E-state index is -2.30. The van der Waals surface area contributed by atoms with Crippen molar-refractivity contribution in [1.29, 1.82) is 0 Å². The molecule has 4 N–H and O–H groups in total. The third-order valence-electron chi connectivity index (χ3n) is 8.52. The maximum Gasteiger partial charge on any atom is 0.414 e. The number of carbonyl (C=O) groups is 3. The molecule has 3 fully saturated rings. The van der Waals surface area contributed by atoms with E-state index in [9.17, 15) is 29.7 Å². The van der Waals surface area contributed by atoms with E-state index in [0.29, 0.717) is 12.8 Å². The highest BCUT2D eigenvalue weighted by atomic mass is 16.6. The summed E-state index contributed by atoms with van der Waals surface area (Å²) >= 11 is 0. The maximum atomic E-state index is 13.7. The predicted molar refractivity (Wildman–Crippen MR) is 118 cm³/mol. The lowest BCUT2D eigenvalue weighted by atomic mass is 9.40. The van der Waals surface area contributed by atoms with Crippen LogP contribution in [0.5, 0.6) is 0 Å². The van der Waals surface area contributed by atoms with Crippen LogP contribution in [0.3, 0.4) is 0 Å². The van der Waals surface area contributed by atoms with Gasteiger partial charge in [-0.2, -0.15) is 0 Å². The second kappa shape index (κ2) is 7.86. The fraction of sp³-hybridized carbons (Fsp3) is 0.792. The average molecular weight is 468 g/mol. The quantitative estimate of drug-likeness (QED) is 0.459. The number of imide groups is 1. The first-order chi connectivity index (χ1) is 15.0. The molecule has 0 spiro atoms. The normalized spacial score (nSPS) is 46.5. The highest BCUT2D eigenvalue weighted by Gasteiger charge is 2.81. The molecule has 2 aliphatic carbocycles. The van der Waals surface area contributed by atoms with Crippen molar-refractivity contribution in [3.63, 3.8) is 0 Å². The smallest absolute Gasteiger partial charge is 0.414 e. The number of hydrogen-bond donors (Lipinski definition) is 4. The number of alkyl carbamates (subject to hydrolysis) is 1. The molecule has 186 valence electrons. The summed E-state index contributed by atoms with van der Waals surface area (Å²) in [6, 6.07) is 0. The average Bonchev–Trinajstić information content (AvgIpc) is 2.71. The number of hydrogen-bond acceptors (Lipinski definition) is 8. The number of nitrogens with one attached hydrogen (secondary N) is 1. The van der Waals surface area contributed by atoms with E-state index >= 15 is 0 Å². The highest BCUT2D eigenvalue weighted by Crippen LogP contribution is 2.67. The Morgan fingerprint density at radius 3 is 2.39 bits per heavy atom. The molecule has 0 bridgehead atoms. The second-order valence-electron chi connectivity index (χ2n) is 11.1. The largest absolute Gasteiger partial charge is 0.440 e. The molecular weight excluding hydrogens is 430 g/mol. The summed E-state index contributed by atoms with van der Waals surface area (Å²) in [4.78, 5) is 38.0. The summed E-state index contributed by atoms with van der Waals surface area (Å²) in [5.41, 5.74) is -7.59. The number of aliphatic hydroxyl groups excluding tert-OH is 2. The Morgan fingerprint density at radius 2 is 1.85 bits per heavy atom. The van der Waals surface area contributed by atoms with Gasteiger partial charge in [-0.1, -0.05) is 33.8 Å². The van der Waals surface area contributed by atoms with Crippen LogP contribution in [0.1, 0.15) is 67.2 Å². The van der Waals surface area contributed by atoms with Crippen molar-refractivity contribution in [2.75, 3.05) is 0 Å². The zero-order chi connectivity index (χ0) is 25.2. The number of Topliss-reactive ketones (excluding diaryl/α,β-unsaturated/α-hetero) is 1. The molecule has 9 nitrogen and oxygen atoms in total. The van der Waals surface area contributed by atoms with Gasteiger partial charge in [0.25, 0.3) is 0 Å². The van der Waals surface area contributed by atoms with Gasteiger partial charge in [0, 0.05) is 24.2 Å². The Labute approximate surface area is 194 Å². The van der Waals surface area contributed by atoms with E-state index in [1.807, 2.05) is 13.8 Å². The van der Waals surface area contributed by atoms with Gasteiger partial charge in [-0.3, -0.25) is 14.9 Å². The van der Waals surface area contributed by atoms with Gasteiger partial charge >= 0.3 is 6.09 Å². The van der Waals surface area contributed by atoms with E-state index in [1.165, 1.54) is 13.0 Å². The number of rotatable bonds is 3. The predicted octanol–water partition coefficient (Wildman–Crippen LogP) is 1.62. The van der Waals surface area contributed by atoms with Crippen molar-refractivity contribution < 1.29 is 39.2 Å². The standard InChI is InChI=1S/C24H37NO8/c1-8-15(28)25-19(30)32-18-16(29)17-20(3,4)11-10-13(26)22(17,6)24(31)14(27)12-21(5,9-2)33-23(18,24)7/h9,13,16-18,26,29,31H,2,8,10-12H2,1,3-7H3,(H,25,28,30)/t13-,16-,17-,18-,21-,22-,23+,24-/m0/s1. The zero-order valence-electron chi connectivity index (χ0n) is 20.3. The Bertz CT molecular complexity index is 873. The molecule has 0 radical (unpaired) electrons. The molecule has 33 heavy (non-hydrogen) atoms. The monoisotopic (exact) mass is 467 g/mol. The number of ketones is 1. The van der Waals surface area contributed by atoms with Crippen molar-refractivity contribution >= 4 is 17.8 Å². The molecule has 0 aromatic heterocycles. The van der Waals surface area contributed by atoms with E-state index in [1.54, 1.807) is 20.8 Å². The third-order valence-corrected chi connectivity index (χ3v) is 8.52. The van der Waals surface area contributed by atoms with Gasteiger partial charge in [0.2, 0.25) is 5.91 Å². The molecular formula is C24H37NO8. The SMILES string of the molecule is C=C[C@@]1(C)CC(=O)[C@]2(O)[C@@]3(C)[C@@H](O)CCC(C)(C)[C@@H]3[C@H](O)[C@H](OC(=O)NC(=O)CC)[C@@]2(C)O1. The summed E-state index contributed by atoms with van der Waals surface area (Å²) in [6.45, 7) is 13.7. The zero-order valence-corrected chi connectivity index (χ0v) is 20.3. The van der Waals surface area contributed by atoms with Crippen LogP contribution < -0.4 is 5.32 Å². The van der Waals surface area contributed by atoms with Crippen molar-refractivity contribution in [2.24, 2.45) is 16.7 Å². The second-order valence-corrected chi connectivity index (χ2v) is 11.1. The molecule has 8 atom stereocenters. The first-order valence-electron chi connectivity index (χ1n) is 11.5. The topological polar surface area (TPSA) is 142 Å². The number of aliphatic hydroxyl groups is 3. The summed E-state index contributed by atoms with van der Waals surface area (Å²) in [6.07, 6.45) is -3.07. The molecule has 2 amide bonds. The van der Waals surface area contributed by atoms with Crippen molar-refractivity contribution in [3.8, 4) is 0 Å². The Balaban J connectivity index is 2.23. The molecule has 3 rings (SSSR count). The first-order valence-corrected chi connectivity index (χ1v) is 11.5. The molecule has 3 aliphatic rings. The molecule has 0 aromatic rings. The van der Waals surface area contributed by atoms with Crippen molar-refractivity contribution in [3.05, 3.63) is 12.7 Å². The van der Waals surface area contributed by atoms with Gasteiger partial charge in [0.15, 0.2) is 17.5 Å². The number of carbonyl (C=O) groups excluding carboxylic acids is 3. The van der Waals surface area contributed by atoms with E-state index < -0.39 is 69.6 Å². The van der Waals surface area contributed by atoms with Crippen LogP contribution in [-0.4, -0.2) is 68.2 Å².